The molecular formula is C36H41N5O2. The molecule has 7 nitrogen and oxygen atoms in total. The predicted octanol–water partition coefficient (Wildman–Crippen LogP) is 5.30. The van der Waals surface area contributed by atoms with Gasteiger partial charge < -0.3 is 20.5 Å². The van der Waals surface area contributed by atoms with Crippen LogP contribution in [0.3, 0.4) is 0 Å². The smallest absolute Gasteiger partial charge is 0.243 e. The van der Waals surface area contributed by atoms with Gasteiger partial charge in [-0.25, -0.2) is 4.98 Å². The molecule has 4 aromatic carbocycles. The minimum absolute atomic E-state index is 0.139. The molecule has 1 heterocycles. The summed E-state index contributed by atoms with van der Waals surface area (Å²) >= 11 is 0. The lowest BCUT2D eigenvalue weighted by Crippen LogP contribution is -2.51. The zero-order valence-electron chi connectivity index (χ0n) is 25.1. The Labute approximate surface area is 253 Å². The summed E-state index contributed by atoms with van der Waals surface area (Å²) in [4.78, 5) is 37.2. The van der Waals surface area contributed by atoms with E-state index in [1.807, 2.05) is 36.4 Å². The average molecular weight is 576 g/mol. The molecule has 1 unspecified atom stereocenters. The Balaban J connectivity index is 1.42. The molecule has 0 fully saturated rings. The van der Waals surface area contributed by atoms with Gasteiger partial charge in [0.2, 0.25) is 11.8 Å². The standard InChI is InChI=1S/C36H41N5O2/c1-3-41(4-2)20-19-38-36(43)34(23-31-24-37-25-39-31)40-35(42)30(21-28-15-9-13-26-11-5-7-17-32(26)28)22-29-16-10-14-27-12-6-8-18-33(27)29/h5-18,24-25,30,34H,3-4,19-23H2,1-2H3,(H,37,39)(H,38,43)(H,40,42). The Kier molecular flexibility index (Phi) is 10.2. The Bertz CT molecular complexity index is 1550. The minimum Gasteiger partial charge on any atom is -0.353 e. The summed E-state index contributed by atoms with van der Waals surface area (Å²) in [6.07, 6.45) is 4.77. The second kappa shape index (κ2) is 14.6. The third-order valence-corrected chi connectivity index (χ3v) is 8.29. The molecular weight excluding hydrogens is 534 g/mol. The maximum absolute atomic E-state index is 14.2. The van der Waals surface area contributed by atoms with Crippen LogP contribution >= 0.6 is 0 Å². The number of H-pyrrole nitrogens is 1. The predicted molar refractivity (Wildman–Crippen MR) is 174 cm³/mol. The average Bonchev–Trinajstić information content (AvgIpc) is 3.56. The maximum atomic E-state index is 14.2. The van der Waals surface area contributed by atoms with Crippen LogP contribution in [-0.2, 0) is 28.9 Å². The number of nitrogens with one attached hydrogen (secondary N) is 3. The van der Waals surface area contributed by atoms with Gasteiger partial charge in [-0.05, 0) is 58.6 Å². The molecule has 0 aliphatic rings. The number of benzene rings is 4. The quantitative estimate of drug-likeness (QED) is 0.168. The molecule has 0 aliphatic heterocycles. The minimum atomic E-state index is -0.741. The summed E-state index contributed by atoms with van der Waals surface area (Å²) in [5, 5.41) is 10.8. The fraction of sp³-hybridized carbons (Fsp3) is 0.306. The van der Waals surface area contributed by atoms with Crippen molar-refractivity contribution in [1.29, 1.82) is 0 Å². The lowest BCUT2D eigenvalue weighted by atomic mass is 9.87. The topological polar surface area (TPSA) is 90.1 Å². The van der Waals surface area contributed by atoms with Crippen LogP contribution in [0.4, 0.5) is 0 Å². The van der Waals surface area contributed by atoms with E-state index in [-0.39, 0.29) is 17.7 Å². The fourth-order valence-corrected chi connectivity index (χ4v) is 5.84. The first kappa shape index (κ1) is 30.0. The molecule has 43 heavy (non-hydrogen) atoms. The van der Waals surface area contributed by atoms with E-state index in [9.17, 15) is 9.59 Å². The van der Waals surface area contributed by atoms with Crippen LogP contribution in [0.1, 0.15) is 30.7 Å². The number of carbonyl (C=O) groups is 2. The Morgan fingerprint density at radius 2 is 1.35 bits per heavy atom. The molecule has 0 saturated carbocycles. The molecule has 222 valence electrons. The molecule has 1 atom stereocenters. The highest BCUT2D eigenvalue weighted by Crippen LogP contribution is 2.26. The van der Waals surface area contributed by atoms with Gasteiger partial charge in [0, 0.05) is 31.6 Å². The van der Waals surface area contributed by atoms with Gasteiger partial charge in [0.1, 0.15) is 6.04 Å². The highest BCUT2D eigenvalue weighted by Gasteiger charge is 2.28. The number of nitrogens with zero attached hydrogens (tertiary/aromatic N) is 2. The van der Waals surface area contributed by atoms with Crippen molar-refractivity contribution in [2.24, 2.45) is 5.92 Å². The van der Waals surface area contributed by atoms with E-state index in [0.717, 1.165) is 58.0 Å². The number of carbonyl (C=O) groups excluding carboxylic acids is 2. The summed E-state index contributed by atoms with van der Waals surface area (Å²) in [5.74, 6) is -0.723. The van der Waals surface area contributed by atoms with Gasteiger partial charge in [-0.15, -0.1) is 0 Å². The van der Waals surface area contributed by atoms with Crippen molar-refractivity contribution in [2.75, 3.05) is 26.2 Å². The van der Waals surface area contributed by atoms with E-state index in [2.05, 4.69) is 87.9 Å². The number of fused-ring (bicyclic) bond motifs is 2. The van der Waals surface area contributed by atoms with Crippen molar-refractivity contribution in [3.63, 3.8) is 0 Å². The third kappa shape index (κ3) is 7.67. The van der Waals surface area contributed by atoms with E-state index in [4.69, 9.17) is 0 Å². The zero-order valence-corrected chi connectivity index (χ0v) is 25.1. The van der Waals surface area contributed by atoms with Crippen LogP contribution in [0.5, 0.6) is 0 Å². The van der Waals surface area contributed by atoms with Gasteiger partial charge >= 0.3 is 0 Å². The summed E-state index contributed by atoms with van der Waals surface area (Å²) in [6.45, 7) is 7.33. The molecule has 2 amide bonds. The van der Waals surface area contributed by atoms with Crippen LogP contribution in [0, 0.1) is 5.92 Å². The maximum Gasteiger partial charge on any atom is 0.243 e. The van der Waals surface area contributed by atoms with Gasteiger partial charge in [0.15, 0.2) is 0 Å². The third-order valence-electron chi connectivity index (χ3n) is 8.29. The van der Waals surface area contributed by atoms with Crippen LogP contribution in [0.15, 0.2) is 97.5 Å². The molecule has 0 saturated heterocycles. The molecule has 0 bridgehead atoms. The summed E-state index contributed by atoms with van der Waals surface area (Å²) in [5.41, 5.74) is 2.96. The van der Waals surface area contributed by atoms with Crippen LogP contribution in [0.25, 0.3) is 21.5 Å². The molecule has 3 N–H and O–H groups in total. The van der Waals surface area contributed by atoms with E-state index in [0.29, 0.717) is 25.8 Å². The first-order valence-electron chi connectivity index (χ1n) is 15.3. The van der Waals surface area contributed by atoms with Crippen LogP contribution in [0.2, 0.25) is 0 Å². The fourth-order valence-electron chi connectivity index (χ4n) is 5.84. The van der Waals surface area contributed by atoms with Crippen molar-refractivity contribution >= 4 is 33.4 Å². The van der Waals surface area contributed by atoms with E-state index < -0.39 is 6.04 Å². The number of aromatic nitrogens is 2. The number of imidazole rings is 1. The SMILES string of the molecule is CCN(CC)CCNC(=O)C(Cc1c[nH]cn1)NC(=O)C(Cc1cccc2ccccc12)Cc1cccc2ccccc12. The van der Waals surface area contributed by atoms with Crippen LogP contribution < -0.4 is 10.6 Å². The normalized spacial score (nSPS) is 12.2. The molecule has 5 rings (SSSR count). The van der Waals surface area contributed by atoms with Gasteiger partial charge in [0.05, 0.1) is 12.0 Å². The van der Waals surface area contributed by atoms with Crippen molar-refractivity contribution in [3.8, 4) is 0 Å². The number of likely N-dealkylation sites (N-methyl/N-ethyl adjacent to an activating group) is 1. The lowest BCUT2D eigenvalue weighted by Gasteiger charge is -2.24. The molecule has 0 aliphatic carbocycles. The van der Waals surface area contributed by atoms with Crippen molar-refractivity contribution < 1.29 is 9.59 Å². The van der Waals surface area contributed by atoms with Gasteiger partial charge in [0.25, 0.3) is 0 Å². The summed E-state index contributed by atoms with van der Waals surface area (Å²) in [6, 6.07) is 28.3. The summed E-state index contributed by atoms with van der Waals surface area (Å²) < 4.78 is 0. The molecule has 0 radical (unpaired) electrons. The molecule has 1 aromatic heterocycles. The highest BCUT2D eigenvalue weighted by molar-refractivity contribution is 5.91. The lowest BCUT2D eigenvalue weighted by molar-refractivity contribution is -0.131. The Hall–Kier alpha value is -4.49. The molecule has 7 heteroatoms. The number of aromatic amines is 1. The summed E-state index contributed by atoms with van der Waals surface area (Å²) in [7, 11) is 0. The number of rotatable bonds is 14. The number of amides is 2. The zero-order chi connectivity index (χ0) is 30.0. The molecule has 5 aromatic rings. The number of hydrogen-bond acceptors (Lipinski definition) is 4. The highest BCUT2D eigenvalue weighted by atomic mass is 16.2. The van der Waals surface area contributed by atoms with Crippen LogP contribution in [-0.4, -0.2) is 58.9 Å². The largest absolute Gasteiger partial charge is 0.353 e. The molecule has 0 spiro atoms. The number of hydrogen-bond donors (Lipinski definition) is 3. The second-order valence-electron chi connectivity index (χ2n) is 11.0. The van der Waals surface area contributed by atoms with E-state index in [1.54, 1.807) is 12.5 Å². The van der Waals surface area contributed by atoms with E-state index in [1.165, 1.54) is 0 Å². The first-order chi connectivity index (χ1) is 21.1. The second-order valence-corrected chi connectivity index (χ2v) is 11.0. The van der Waals surface area contributed by atoms with Crippen molar-refractivity contribution in [1.82, 2.24) is 25.5 Å². The van der Waals surface area contributed by atoms with Gasteiger partial charge in [-0.3, -0.25) is 9.59 Å². The van der Waals surface area contributed by atoms with Crippen molar-refractivity contribution in [2.45, 2.75) is 39.2 Å². The van der Waals surface area contributed by atoms with Crippen molar-refractivity contribution in [3.05, 3.63) is 114 Å². The Morgan fingerprint density at radius 1 is 0.767 bits per heavy atom. The first-order valence-corrected chi connectivity index (χ1v) is 15.3. The Morgan fingerprint density at radius 3 is 1.91 bits per heavy atom. The van der Waals surface area contributed by atoms with E-state index >= 15 is 0 Å². The monoisotopic (exact) mass is 575 g/mol. The van der Waals surface area contributed by atoms with Gasteiger partial charge in [-0.2, -0.15) is 0 Å². The van der Waals surface area contributed by atoms with Gasteiger partial charge in [-0.1, -0.05) is 98.8 Å².